The second-order valence-electron chi connectivity index (χ2n) is 7.30. The molecule has 0 spiro atoms. The van der Waals surface area contributed by atoms with Crippen molar-refractivity contribution in [1.82, 2.24) is 9.61 Å². The summed E-state index contributed by atoms with van der Waals surface area (Å²) in [7, 11) is 0. The first-order valence-electron chi connectivity index (χ1n) is 10.4. The largest absolute Gasteiger partial charge is 0.466 e. The number of halogens is 1. The zero-order valence-electron chi connectivity index (χ0n) is 17.7. The van der Waals surface area contributed by atoms with Crippen LogP contribution >= 0.6 is 0 Å². The van der Waals surface area contributed by atoms with Gasteiger partial charge in [0.15, 0.2) is 0 Å². The van der Waals surface area contributed by atoms with E-state index in [1.165, 1.54) is 12.1 Å². The summed E-state index contributed by atoms with van der Waals surface area (Å²) < 4.78 is 21.0. The van der Waals surface area contributed by atoms with E-state index in [-0.39, 0.29) is 11.8 Å². The van der Waals surface area contributed by atoms with Crippen molar-refractivity contribution in [2.45, 2.75) is 59.3 Å². The van der Waals surface area contributed by atoms with E-state index in [9.17, 15) is 9.18 Å². The number of carbonyl (C=O) groups is 1. The average molecular weight is 397 g/mol. The molecule has 154 valence electrons. The SMILES string of the molecule is CCCCC(C(=O)OCC)c1c(C)nn2c(CC)ccc2c1-c1ccc(F)cc1. The van der Waals surface area contributed by atoms with Crippen molar-refractivity contribution in [3.8, 4) is 11.1 Å². The molecule has 2 aromatic heterocycles. The Morgan fingerprint density at radius 2 is 1.86 bits per heavy atom. The topological polar surface area (TPSA) is 43.6 Å². The van der Waals surface area contributed by atoms with Crippen molar-refractivity contribution in [3.05, 3.63) is 59.2 Å². The molecule has 1 atom stereocenters. The Labute approximate surface area is 171 Å². The van der Waals surface area contributed by atoms with Crippen LogP contribution in [0.3, 0.4) is 0 Å². The van der Waals surface area contributed by atoms with E-state index in [4.69, 9.17) is 9.84 Å². The fourth-order valence-electron chi connectivity index (χ4n) is 3.95. The first-order chi connectivity index (χ1) is 14.0. The van der Waals surface area contributed by atoms with Gasteiger partial charge in [-0.25, -0.2) is 8.91 Å². The van der Waals surface area contributed by atoms with Gasteiger partial charge in [0.25, 0.3) is 0 Å². The fraction of sp³-hybridized carbons (Fsp3) is 0.417. The molecule has 0 N–H and O–H groups in total. The van der Waals surface area contributed by atoms with Crippen LogP contribution in [0.2, 0.25) is 0 Å². The monoisotopic (exact) mass is 396 g/mol. The number of fused-ring (bicyclic) bond motifs is 1. The maximum Gasteiger partial charge on any atom is 0.313 e. The third-order valence-corrected chi connectivity index (χ3v) is 5.36. The van der Waals surface area contributed by atoms with Crippen molar-refractivity contribution < 1.29 is 13.9 Å². The Hall–Kier alpha value is -2.69. The van der Waals surface area contributed by atoms with Gasteiger partial charge in [-0.3, -0.25) is 4.79 Å². The summed E-state index contributed by atoms with van der Waals surface area (Å²) in [5, 5.41) is 4.82. The molecule has 0 aliphatic rings. The molecular formula is C24H29FN2O2. The first kappa shape index (κ1) is 21.0. The van der Waals surface area contributed by atoms with Crippen LogP contribution in [0.4, 0.5) is 4.39 Å². The van der Waals surface area contributed by atoms with Crippen molar-refractivity contribution in [2.75, 3.05) is 6.61 Å². The Morgan fingerprint density at radius 1 is 1.14 bits per heavy atom. The highest BCUT2D eigenvalue weighted by Gasteiger charge is 2.29. The van der Waals surface area contributed by atoms with Crippen molar-refractivity contribution in [3.63, 3.8) is 0 Å². The van der Waals surface area contributed by atoms with Gasteiger partial charge < -0.3 is 4.74 Å². The number of unbranched alkanes of at least 4 members (excludes halogenated alkanes) is 1. The predicted molar refractivity (Wildman–Crippen MR) is 114 cm³/mol. The van der Waals surface area contributed by atoms with Crippen LogP contribution in [0.1, 0.15) is 62.9 Å². The minimum absolute atomic E-state index is 0.221. The van der Waals surface area contributed by atoms with E-state index < -0.39 is 5.92 Å². The van der Waals surface area contributed by atoms with Gasteiger partial charge in [0, 0.05) is 11.3 Å². The molecule has 5 heteroatoms. The van der Waals surface area contributed by atoms with Crippen LogP contribution in [0.5, 0.6) is 0 Å². The highest BCUT2D eigenvalue weighted by molar-refractivity contribution is 5.89. The summed E-state index contributed by atoms with van der Waals surface area (Å²) in [6.45, 7) is 8.31. The van der Waals surface area contributed by atoms with E-state index in [1.54, 1.807) is 12.1 Å². The van der Waals surface area contributed by atoms with Crippen LogP contribution < -0.4 is 0 Å². The van der Waals surface area contributed by atoms with E-state index in [1.807, 2.05) is 24.4 Å². The molecule has 29 heavy (non-hydrogen) atoms. The van der Waals surface area contributed by atoms with Crippen LogP contribution in [0, 0.1) is 12.7 Å². The molecule has 4 nitrogen and oxygen atoms in total. The number of aryl methyl sites for hydroxylation is 2. The van der Waals surface area contributed by atoms with E-state index in [0.29, 0.717) is 13.0 Å². The number of aromatic nitrogens is 2. The summed E-state index contributed by atoms with van der Waals surface area (Å²) in [5.41, 5.74) is 5.53. The van der Waals surface area contributed by atoms with Gasteiger partial charge in [-0.1, -0.05) is 38.8 Å². The lowest BCUT2D eigenvalue weighted by molar-refractivity contribution is -0.145. The number of nitrogens with zero attached hydrogens (tertiary/aromatic N) is 2. The third-order valence-electron chi connectivity index (χ3n) is 5.36. The average Bonchev–Trinajstić information content (AvgIpc) is 3.11. The summed E-state index contributed by atoms with van der Waals surface area (Å²) in [4.78, 5) is 12.9. The molecule has 2 heterocycles. The molecular weight excluding hydrogens is 367 g/mol. The standard InChI is InChI=1S/C24H29FN2O2/c1-5-8-9-20(24(28)29-7-3)22-16(4)26-27-19(6-2)14-15-21(27)23(22)17-10-12-18(25)13-11-17/h10-15,20H,5-9H2,1-4H3. The molecule has 0 saturated heterocycles. The molecule has 0 radical (unpaired) electrons. The summed E-state index contributed by atoms with van der Waals surface area (Å²) in [6, 6.07) is 10.6. The van der Waals surface area contributed by atoms with Gasteiger partial charge in [0.2, 0.25) is 0 Å². The lowest BCUT2D eigenvalue weighted by Gasteiger charge is -2.22. The number of esters is 1. The van der Waals surface area contributed by atoms with E-state index in [2.05, 4.69) is 19.9 Å². The van der Waals surface area contributed by atoms with Crippen LogP contribution in [-0.2, 0) is 16.0 Å². The molecule has 0 bridgehead atoms. The van der Waals surface area contributed by atoms with Gasteiger partial charge in [0.05, 0.1) is 23.7 Å². The maximum atomic E-state index is 13.6. The Bertz CT molecular complexity index is 992. The maximum absolute atomic E-state index is 13.6. The predicted octanol–water partition coefficient (Wildman–Crippen LogP) is 5.85. The number of ether oxygens (including phenoxy) is 1. The minimum atomic E-state index is -0.396. The second kappa shape index (κ2) is 9.21. The van der Waals surface area contributed by atoms with Gasteiger partial charge in [-0.2, -0.15) is 5.10 Å². The molecule has 0 aliphatic carbocycles. The van der Waals surface area contributed by atoms with Crippen LogP contribution in [0.15, 0.2) is 36.4 Å². The van der Waals surface area contributed by atoms with Gasteiger partial charge in [-0.15, -0.1) is 0 Å². The van der Waals surface area contributed by atoms with Gasteiger partial charge >= 0.3 is 5.97 Å². The quantitative estimate of drug-likeness (QED) is 0.449. The molecule has 3 rings (SSSR count). The van der Waals surface area contributed by atoms with Crippen molar-refractivity contribution >= 4 is 11.5 Å². The zero-order valence-corrected chi connectivity index (χ0v) is 17.7. The number of carbonyl (C=O) groups excluding carboxylic acids is 1. The first-order valence-corrected chi connectivity index (χ1v) is 10.4. The zero-order chi connectivity index (χ0) is 21.0. The molecule has 0 saturated carbocycles. The minimum Gasteiger partial charge on any atom is -0.466 e. The highest BCUT2D eigenvalue weighted by atomic mass is 19.1. The Balaban J connectivity index is 2.31. The number of hydrogen-bond donors (Lipinski definition) is 0. The summed E-state index contributed by atoms with van der Waals surface area (Å²) in [5.74, 6) is -0.900. The lowest BCUT2D eigenvalue weighted by atomic mass is 9.86. The molecule has 1 aromatic carbocycles. The van der Waals surface area contributed by atoms with Crippen LogP contribution in [-0.4, -0.2) is 22.2 Å². The second-order valence-corrected chi connectivity index (χ2v) is 7.30. The molecule has 0 amide bonds. The number of hydrogen-bond acceptors (Lipinski definition) is 3. The van der Waals surface area contributed by atoms with E-state index >= 15 is 0 Å². The molecule has 3 aromatic rings. The number of rotatable bonds is 8. The summed E-state index contributed by atoms with van der Waals surface area (Å²) in [6.07, 6.45) is 3.45. The molecule has 0 aliphatic heterocycles. The fourth-order valence-corrected chi connectivity index (χ4v) is 3.95. The van der Waals surface area contributed by atoms with Crippen molar-refractivity contribution in [2.24, 2.45) is 0 Å². The third kappa shape index (κ3) is 4.19. The smallest absolute Gasteiger partial charge is 0.313 e. The van der Waals surface area contributed by atoms with E-state index in [0.717, 1.165) is 52.9 Å². The van der Waals surface area contributed by atoms with Gasteiger partial charge in [0.1, 0.15) is 5.82 Å². The lowest BCUT2D eigenvalue weighted by Crippen LogP contribution is -2.20. The van der Waals surface area contributed by atoms with Gasteiger partial charge in [-0.05, 0) is 62.1 Å². The Kier molecular flexibility index (Phi) is 6.68. The number of benzene rings is 1. The van der Waals surface area contributed by atoms with Crippen LogP contribution in [0.25, 0.3) is 16.6 Å². The normalized spacial score (nSPS) is 12.3. The summed E-state index contributed by atoms with van der Waals surface area (Å²) >= 11 is 0. The van der Waals surface area contributed by atoms with Crippen molar-refractivity contribution in [1.29, 1.82) is 0 Å². The highest BCUT2D eigenvalue weighted by Crippen LogP contribution is 2.38. The Morgan fingerprint density at radius 3 is 2.48 bits per heavy atom. The molecule has 0 fully saturated rings. The molecule has 1 unspecified atom stereocenters.